The maximum atomic E-state index is 12.7. The molecule has 2 N–H and O–H groups in total. The zero-order valence-electron chi connectivity index (χ0n) is 17.4. The van der Waals surface area contributed by atoms with Crippen molar-refractivity contribution in [3.05, 3.63) is 53.5 Å². The summed E-state index contributed by atoms with van der Waals surface area (Å²) in [6.45, 7) is 8.86. The molecule has 1 aromatic carbocycles. The van der Waals surface area contributed by atoms with Crippen LogP contribution in [0.5, 0.6) is 0 Å². The number of nitrogens with zero attached hydrogens (tertiary/aromatic N) is 2. The third-order valence-corrected chi connectivity index (χ3v) is 5.80. The van der Waals surface area contributed by atoms with Gasteiger partial charge in [-0.1, -0.05) is 18.2 Å². The Morgan fingerprint density at radius 1 is 1.20 bits per heavy atom. The van der Waals surface area contributed by atoms with E-state index in [-0.39, 0.29) is 30.7 Å². The van der Waals surface area contributed by atoms with Crippen molar-refractivity contribution in [1.82, 2.24) is 15.5 Å². The minimum absolute atomic E-state index is 0. The zero-order valence-corrected chi connectivity index (χ0v) is 19.1. The molecule has 0 saturated carbocycles. The molecule has 6 nitrogen and oxygen atoms in total. The summed E-state index contributed by atoms with van der Waals surface area (Å²) in [6, 6.07) is 10.7. The van der Waals surface area contributed by atoms with E-state index in [0.717, 1.165) is 51.3 Å². The van der Waals surface area contributed by atoms with Crippen LogP contribution < -0.4 is 15.5 Å². The number of para-hydroxylation sites is 1. The van der Waals surface area contributed by atoms with Gasteiger partial charge >= 0.3 is 0 Å². The Morgan fingerprint density at radius 2 is 1.97 bits per heavy atom. The number of piperazine rings is 1. The van der Waals surface area contributed by atoms with Gasteiger partial charge in [0.15, 0.2) is 0 Å². The minimum atomic E-state index is -0.0378. The minimum Gasteiger partial charge on any atom is -0.467 e. The van der Waals surface area contributed by atoms with Crippen LogP contribution in [0.25, 0.3) is 0 Å². The van der Waals surface area contributed by atoms with Crippen molar-refractivity contribution in [2.24, 2.45) is 0 Å². The number of fused-ring (bicyclic) bond motifs is 1. The molecule has 1 atom stereocenters. The molecule has 1 aromatic heterocycles. The molecule has 4 rings (SSSR count). The first-order valence-electron chi connectivity index (χ1n) is 10.3. The second kappa shape index (κ2) is 11.6. The number of carbonyl (C=O) groups is 1. The average molecular weight is 455 g/mol. The van der Waals surface area contributed by atoms with Gasteiger partial charge < -0.3 is 24.9 Å². The molecule has 0 aliphatic carbocycles. The van der Waals surface area contributed by atoms with Gasteiger partial charge in [0.1, 0.15) is 5.76 Å². The summed E-state index contributed by atoms with van der Waals surface area (Å²) in [7, 11) is 0. The molecule has 1 saturated heterocycles. The van der Waals surface area contributed by atoms with Crippen LogP contribution in [0.2, 0.25) is 0 Å². The van der Waals surface area contributed by atoms with Gasteiger partial charge in [-0.25, -0.2) is 0 Å². The van der Waals surface area contributed by atoms with Gasteiger partial charge in [0.25, 0.3) is 5.91 Å². The van der Waals surface area contributed by atoms with Crippen molar-refractivity contribution >= 4 is 36.4 Å². The average Bonchev–Trinajstić information content (AvgIpc) is 3.31. The van der Waals surface area contributed by atoms with Crippen LogP contribution in [0.1, 0.15) is 35.0 Å². The van der Waals surface area contributed by atoms with E-state index in [2.05, 4.69) is 51.6 Å². The van der Waals surface area contributed by atoms with Crippen LogP contribution in [0, 0.1) is 0 Å². The molecular weight excluding hydrogens is 423 g/mol. The summed E-state index contributed by atoms with van der Waals surface area (Å²) in [4.78, 5) is 17.4. The first-order chi connectivity index (χ1) is 13.7. The van der Waals surface area contributed by atoms with Gasteiger partial charge in [-0.2, -0.15) is 0 Å². The van der Waals surface area contributed by atoms with Crippen molar-refractivity contribution in [3.8, 4) is 0 Å². The van der Waals surface area contributed by atoms with Crippen molar-refractivity contribution in [1.29, 1.82) is 0 Å². The third kappa shape index (κ3) is 5.70. The quantitative estimate of drug-likeness (QED) is 0.629. The fourth-order valence-corrected chi connectivity index (χ4v) is 4.23. The fourth-order valence-electron chi connectivity index (χ4n) is 4.23. The second-order valence-corrected chi connectivity index (χ2v) is 7.77. The highest BCUT2D eigenvalue weighted by atomic mass is 35.5. The highest BCUT2D eigenvalue weighted by molar-refractivity contribution is 5.95. The Kier molecular flexibility index (Phi) is 9.49. The van der Waals surface area contributed by atoms with Crippen LogP contribution in [-0.4, -0.2) is 56.1 Å². The molecule has 1 unspecified atom stereocenters. The number of amides is 1. The third-order valence-electron chi connectivity index (χ3n) is 5.80. The molecule has 8 heteroatoms. The highest BCUT2D eigenvalue weighted by Crippen LogP contribution is 2.33. The van der Waals surface area contributed by atoms with E-state index in [0.29, 0.717) is 24.7 Å². The molecule has 1 fully saturated rings. The normalized spacial score (nSPS) is 18.3. The van der Waals surface area contributed by atoms with Crippen LogP contribution in [0.3, 0.4) is 0 Å². The van der Waals surface area contributed by atoms with Gasteiger partial charge in [-0.15, -0.1) is 24.8 Å². The fraction of sp³-hybridized carbons (Fsp3) is 0.500. The monoisotopic (exact) mass is 454 g/mol. The molecule has 0 spiro atoms. The molecule has 0 bridgehead atoms. The van der Waals surface area contributed by atoms with Crippen LogP contribution in [0.4, 0.5) is 5.69 Å². The maximum Gasteiger partial charge on any atom is 0.254 e. The Balaban J connectivity index is 0.00000160. The summed E-state index contributed by atoms with van der Waals surface area (Å²) in [5, 5.41) is 6.42. The number of carbonyl (C=O) groups excluding carboxylic acids is 1. The van der Waals surface area contributed by atoms with E-state index in [1.54, 1.807) is 12.3 Å². The Morgan fingerprint density at radius 3 is 2.77 bits per heavy atom. The number of benzene rings is 1. The van der Waals surface area contributed by atoms with Gasteiger partial charge in [0.2, 0.25) is 0 Å². The largest absolute Gasteiger partial charge is 0.467 e. The van der Waals surface area contributed by atoms with Crippen LogP contribution in [0.15, 0.2) is 41.0 Å². The van der Waals surface area contributed by atoms with E-state index in [4.69, 9.17) is 4.42 Å². The van der Waals surface area contributed by atoms with Crippen molar-refractivity contribution in [2.75, 3.05) is 44.2 Å². The summed E-state index contributed by atoms with van der Waals surface area (Å²) < 4.78 is 5.69. The van der Waals surface area contributed by atoms with Crippen molar-refractivity contribution < 1.29 is 9.21 Å². The predicted octanol–water partition coefficient (Wildman–Crippen LogP) is 3.10. The first-order valence-corrected chi connectivity index (χ1v) is 10.3. The number of anilines is 1. The van der Waals surface area contributed by atoms with Crippen molar-refractivity contribution in [3.63, 3.8) is 0 Å². The molecule has 2 aromatic rings. The van der Waals surface area contributed by atoms with Gasteiger partial charge in [-0.3, -0.25) is 4.79 Å². The Labute approximate surface area is 191 Å². The lowest BCUT2D eigenvalue weighted by Crippen LogP contribution is -2.44. The molecule has 1 amide bonds. The molecule has 2 aliphatic rings. The molecule has 3 heterocycles. The topological polar surface area (TPSA) is 60.8 Å². The molecule has 0 radical (unpaired) electrons. The summed E-state index contributed by atoms with van der Waals surface area (Å²) in [5.74, 6) is 0.701. The summed E-state index contributed by atoms with van der Waals surface area (Å²) >= 11 is 0. The number of rotatable bonds is 7. The Hall–Kier alpha value is -1.73. The molecular formula is C22H32Cl2N4O2. The number of furan rings is 1. The molecule has 30 heavy (non-hydrogen) atoms. The lowest BCUT2D eigenvalue weighted by molar-refractivity contribution is 0.0949. The van der Waals surface area contributed by atoms with E-state index in [1.807, 2.05) is 0 Å². The van der Waals surface area contributed by atoms with E-state index < -0.39 is 0 Å². The second-order valence-electron chi connectivity index (χ2n) is 7.77. The number of hydrogen-bond donors (Lipinski definition) is 2. The molecule has 166 valence electrons. The van der Waals surface area contributed by atoms with Crippen LogP contribution >= 0.6 is 24.8 Å². The molecule has 2 aliphatic heterocycles. The zero-order chi connectivity index (χ0) is 19.3. The maximum absolute atomic E-state index is 12.7. The summed E-state index contributed by atoms with van der Waals surface area (Å²) in [6.07, 6.45) is 3.62. The van der Waals surface area contributed by atoms with E-state index in [1.165, 1.54) is 11.3 Å². The lowest BCUT2D eigenvalue weighted by atomic mass is 10.1. The van der Waals surface area contributed by atoms with Gasteiger partial charge in [0, 0.05) is 44.5 Å². The van der Waals surface area contributed by atoms with E-state index >= 15 is 0 Å². The first kappa shape index (κ1) is 24.5. The van der Waals surface area contributed by atoms with Gasteiger partial charge in [-0.05, 0) is 44.0 Å². The predicted molar refractivity (Wildman–Crippen MR) is 125 cm³/mol. The van der Waals surface area contributed by atoms with Crippen LogP contribution in [-0.2, 0) is 13.0 Å². The van der Waals surface area contributed by atoms with Gasteiger partial charge in [0.05, 0.1) is 18.4 Å². The number of halogens is 2. The highest BCUT2D eigenvalue weighted by Gasteiger charge is 2.27. The lowest BCUT2D eigenvalue weighted by Gasteiger charge is -2.27. The Bertz CT molecular complexity index is 808. The van der Waals surface area contributed by atoms with E-state index in [9.17, 15) is 4.79 Å². The standard InChI is InChI=1S/C22H30N4O2.2ClH/c1-17-15-18-5-2-3-6-20(18)26(17)16-21-19(7-14-28-21)22(27)24-8-4-11-25-12-9-23-10-13-25;;/h2-3,5-7,14,17,23H,4,8-13,15-16H2,1H3,(H,24,27);2*1H. The van der Waals surface area contributed by atoms with Crippen molar-refractivity contribution in [2.45, 2.75) is 32.4 Å². The smallest absolute Gasteiger partial charge is 0.254 e. The SMILES string of the molecule is CC1Cc2ccccc2N1Cc1occc1C(=O)NCCCN1CCNCC1.Cl.Cl. The summed E-state index contributed by atoms with van der Waals surface area (Å²) in [5.41, 5.74) is 3.26. The number of hydrogen-bond acceptors (Lipinski definition) is 5. The number of nitrogens with one attached hydrogen (secondary N) is 2.